The number of hydrogen-bond donors (Lipinski definition) is 1. The van der Waals surface area contributed by atoms with Crippen molar-refractivity contribution >= 4 is 23.4 Å². The lowest BCUT2D eigenvalue weighted by atomic mass is 9.90. The van der Waals surface area contributed by atoms with Crippen LogP contribution in [0.15, 0.2) is 24.3 Å². The zero-order chi connectivity index (χ0) is 14.3. The van der Waals surface area contributed by atoms with E-state index in [1.807, 2.05) is 24.3 Å². The minimum Gasteiger partial charge on any atom is -0.497 e. The number of nitrogens with one attached hydrogen (secondary N) is 1. The third kappa shape index (κ3) is 2.02. The molecule has 5 nitrogen and oxygen atoms in total. The lowest BCUT2D eigenvalue weighted by molar-refractivity contribution is -0.157. The fourth-order valence-electron chi connectivity index (χ4n) is 2.74. The minimum absolute atomic E-state index is 0.167. The van der Waals surface area contributed by atoms with E-state index in [2.05, 4.69) is 5.32 Å². The number of benzene rings is 1. The molecule has 0 spiro atoms. The Labute approximate surface area is 121 Å². The molecule has 0 aliphatic carbocycles. The molecule has 1 aromatic rings. The van der Waals surface area contributed by atoms with Gasteiger partial charge in [-0.05, 0) is 30.5 Å². The summed E-state index contributed by atoms with van der Waals surface area (Å²) in [5.41, 5.74) is 0.944. The number of methoxy groups -OCH3 is 1. The molecule has 0 unspecified atom stereocenters. The van der Waals surface area contributed by atoms with Gasteiger partial charge in [0.25, 0.3) is 5.91 Å². The van der Waals surface area contributed by atoms with Crippen molar-refractivity contribution in [1.29, 1.82) is 0 Å². The smallest absolute Gasteiger partial charge is 0.264 e. The number of carbonyl (C=O) groups excluding carboxylic acids is 2. The Balaban J connectivity index is 1.82. The number of rotatable bonds is 3. The zero-order valence-electron chi connectivity index (χ0n) is 11.1. The predicted octanol–water partition coefficient (Wildman–Crippen LogP) is 1.25. The topological polar surface area (TPSA) is 58.6 Å². The average molecular weight is 295 g/mol. The van der Waals surface area contributed by atoms with Gasteiger partial charge in [-0.15, -0.1) is 0 Å². The van der Waals surface area contributed by atoms with E-state index in [-0.39, 0.29) is 11.8 Å². The van der Waals surface area contributed by atoms with Crippen LogP contribution >= 0.6 is 11.6 Å². The number of alkyl halides is 1. The molecule has 4 rings (SSSR count). The second-order valence-corrected chi connectivity index (χ2v) is 5.77. The first-order chi connectivity index (χ1) is 9.53. The van der Waals surface area contributed by atoms with Gasteiger partial charge in [0.2, 0.25) is 5.91 Å². The summed E-state index contributed by atoms with van der Waals surface area (Å²) in [6.07, 6.45) is 1.10. The van der Waals surface area contributed by atoms with Gasteiger partial charge in [0, 0.05) is 6.54 Å². The van der Waals surface area contributed by atoms with Gasteiger partial charge in [0.05, 0.1) is 7.11 Å². The number of fused-ring (bicyclic) bond motifs is 3. The molecule has 0 aromatic heterocycles. The second kappa shape index (κ2) is 4.66. The van der Waals surface area contributed by atoms with Crippen LogP contribution in [0, 0.1) is 0 Å². The van der Waals surface area contributed by atoms with Crippen molar-refractivity contribution < 1.29 is 14.3 Å². The fraction of sp³-hybridized carbons (Fsp3) is 0.429. The first-order valence-corrected chi connectivity index (χ1v) is 6.86. The molecule has 2 amide bonds. The van der Waals surface area contributed by atoms with Gasteiger partial charge in [-0.1, -0.05) is 23.7 Å². The summed E-state index contributed by atoms with van der Waals surface area (Å²) in [6, 6.07) is 7.02. The van der Waals surface area contributed by atoms with Gasteiger partial charge in [-0.3, -0.25) is 9.59 Å². The summed E-state index contributed by atoms with van der Waals surface area (Å²) in [7, 11) is 1.60. The highest BCUT2D eigenvalue weighted by molar-refractivity contribution is 6.37. The molecule has 3 saturated heterocycles. The van der Waals surface area contributed by atoms with Crippen LogP contribution in [0.4, 0.5) is 0 Å². The van der Waals surface area contributed by atoms with Crippen molar-refractivity contribution in [2.45, 2.75) is 30.4 Å². The SMILES string of the molecule is COc1ccc(CN2C(=O)[C@@]3(Cl)CC[C@@H]2C(=O)N3)cc1. The van der Waals surface area contributed by atoms with Crippen molar-refractivity contribution in [3.8, 4) is 5.75 Å². The number of ether oxygens (including phenoxy) is 1. The van der Waals surface area contributed by atoms with Gasteiger partial charge in [-0.25, -0.2) is 0 Å². The molecule has 3 fully saturated rings. The highest BCUT2D eigenvalue weighted by Crippen LogP contribution is 2.36. The number of carbonyl (C=O) groups is 2. The van der Waals surface area contributed by atoms with E-state index in [0.717, 1.165) is 11.3 Å². The highest BCUT2D eigenvalue weighted by Gasteiger charge is 2.54. The average Bonchev–Trinajstić information content (AvgIpc) is 2.44. The third-order valence-corrected chi connectivity index (χ3v) is 4.32. The first kappa shape index (κ1) is 13.2. The quantitative estimate of drug-likeness (QED) is 0.674. The van der Waals surface area contributed by atoms with Gasteiger partial charge in [0.1, 0.15) is 11.8 Å². The molecule has 1 N–H and O–H groups in total. The Kier molecular flexibility index (Phi) is 3.09. The van der Waals surface area contributed by atoms with Crippen LogP contribution in [0.5, 0.6) is 5.75 Å². The molecule has 0 saturated carbocycles. The van der Waals surface area contributed by atoms with Crippen LogP contribution in [-0.4, -0.2) is 34.9 Å². The lowest BCUT2D eigenvalue weighted by Gasteiger charge is -2.48. The molecule has 2 bridgehead atoms. The standard InChI is InChI=1S/C14H15ClN2O3/c1-20-10-4-2-9(3-5-10)8-17-11-6-7-14(15,13(17)19)16-12(11)18/h2-5,11H,6-8H2,1H3,(H,16,18)/t11-,14-/m1/s1. The van der Waals surface area contributed by atoms with Crippen LogP contribution in [0.3, 0.4) is 0 Å². The number of nitrogens with zero attached hydrogens (tertiary/aromatic N) is 1. The molecule has 1 aromatic carbocycles. The van der Waals surface area contributed by atoms with Crippen LogP contribution in [0.25, 0.3) is 0 Å². The summed E-state index contributed by atoms with van der Waals surface area (Å²) in [6.45, 7) is 0.384. The molecule has 3 heterocycles. The molecule has 2 atom stereocenters. The van der Waals surface area contributed by atoms with Crippen molar-refractivity contribution in [2.75, 3.05) is 7.11 Å². The van der Waals surface area contributed by atoms with Crippen molar-refractivity contribution in [3.05, 3.63) is 29.8 Å². The fourth-order valence-corrected chi connectivity index (χ4v) is 3.06. The van der Waals surface area contributed by atoms with Gasteiger partial charge >= 0.3 is 0 Å². The lowest BCUT2D eigenvalue weighted by Crippen LogP contribution is -2.71. The van der Waals surface area contributed by atoms with E-state index in [0.29, 0.717) is 19.4 Å². The maximum atomic E-state index is 12.3. The second-order valence-electron chi connectivity index (χ2n) is 5.13. The minimum atomic E-state index is -1.25. The predicted molar refractivity (Wildman–Crippen MR) is 73.3 cm³/mol. The number of hydrogen-bond acceptors (Lipinski definition) is 3. The van der Waals surface area contributed by atoms with E-state index in [9.17, 15) is 9.59 Å². The van der Waals surface area contributed by atoms with E-state index >= 15 is 0 Å². The number of piperidine rings is 2. The van der Waals surface area contributed by atoms with E-state index in [1.54, 1.807) is 12.0 Å². The molecular formula is C14H15ClN2O3. The summed E-state index contributed by atoms with van der Waals surface area (Å²) in [4.78, 5) is 24.5. The first-order valence-electron chi connectivity index (χ1n) is 6.48. The summed E-state index contributed by atoms with van der Waals surface area (Å²) in [5, 5.41) is 2.59. The van der Waals surface area contributed by atoms with E-state index in [1.165, 1.54) is 0 Å². The van der Waals surface area contributed by atoms with Crippen LogP contribution in [0.2, 0.25) is 0 Å². The molecule has 6 heteroatoms. The Hall–Kier alpha value is -1.75. The Bertz CT molecular complexity index is 560. The maximum Gasteiger partial charge on any atom is 0.264 e. The highest BCUT2D eigenvalue weighted by atomic mass is 35.5. The number of halogens is 1. The number of piperazine rings is 1. The number of amides is 2. The van der Waals surface area contributed by atoms with Crippen molar-refractivity contribution in [2.24, 2.45) is 0 Å². The van der Waals surface area contributed by atoms with Crippen LogP contribution in [-0.2, 0) is 16.1 Å². The van der Waals surface area contributed by atoms with E-state index < -0.39 is 11.0 Å². The Morgan fingerprint density at radius 1 is 1.40 bits per heavy atom. The van der Waals surface area contributed by atoms with Crippen LogP contribution in [0.1, 0.15) is 18.4 Å². The summed E-state index contributed by atoms with van der Waals surface area (Å²) >= 11 is 6.21. The van der Waals surface area contributed by atoms with Crippen LogP contribution < -0.4 is 10.1 Å². The molecule has 3 aliphatic rings. The molecule has 20 heavy (non-hydrogen) atoms. The Morgan fingerprint density at radius 2 is 2.10 bits per heavy atom. The summed E-state index contributed by atoms with van der Waals surface area (Å²) in [5.74, 6) is 0.372. The summed E-state index contributed by atoms with van der Waals surface area (Å²) < 4.78 is 5.10. The largest absolute Gasteiger partial charge is 0.497 e. The molecular weight excluding hydrogens is 280 g/mol. The molecule has 3 aliphatic heterocycles. The monoisotopic (exact) mass is 294 g/mol. The van der Waals surface area contributed by atoms with E-state index in [4.69, 9.17) is 16.3 Å². The maximum absolute atomic E-state index is 12.3. The normalized spacial score (nSPS) is 28.5. The third-order valence-electron chi connectivity index (χ3n) is 3.87. The molecule has 0 radical (unpaired) electrons. The van der Waals surface area contributed by atoms with Crippen molar-refractivity contribution in [3.63, 3.8) is 0 Å². The van der Waals surface area contributed by atoms with Gasteiger partial charge in [0.15, 0.2) is 5.00 Å². The van der Waals surface area contributed by atoms with Gasteiger partial charge < -0.3 is 15.0 Å². The molecule has 106 valence electrons. The van der Waals surface area contributed by atoms with Crippen molar-refractivity contribution in [1.82, 2.24) is 10.2 Å². The zero-order valence-corrected chi connectivity index (χ0v) is 11.8. The van der Waals surface area contributed by atoms with Gasteiger partial charge in [-0.2, -0.15) is 0 Å². The Morgan fingerprint density at radius 3 is 2.70 bits per heavy atom.